The molecule has 0 heterocycles. The standard InChI is InChI=1S/C13H20N2O3/c1-9(4-5-14)15-13(16)10-6-11(17-2)8-12(7-10)18-3/h6-9H,4-5,14H2,1-3H3,(H,15,16). The van der Waals surface area contributed by atoms with E-state index in [1.807, 2.05) is 6.92 Å². The maximum atomic E-state index is 12.0. The summed E-state index contributed by atoms with van der Waals surface area (Å²) in [7, 11) is 3.10. The summed E-state index contributed by atoms with van der Waals surface area (Å²) in [4.78, 5) is 12.0. The monoisotopic (exact) mass is 252 g/mol. The number of methoxy groups -OCH3 is 2. The molecule has 0 radical (unpaired) electrons. The summed E-state index contributed by atoms with van der Waals surface area (Å²) in [6.45, 7) is 2.46. The molecule has 0 saturated heterocycles. The molecule has 18 heavy (non-hydrogen) atoms. The Hall–Kier alpha value is -1.75. The molecule has 100 valence electrons. The molecule has 1 amide bonds. The van der Waals surface area contributed by atoms with Crippen LogP contribution in [0.15, 0.2) is 18.2 Å². The number of ether oxygens (including phenoxy) is 2. The van der Waals surface area contributed by atoms with Crippen LogP contribution < -0.4 is 20.5 Å². The van der Waals surface area contributed by atoms with Gasteiger partial charge in [0.05, 0.1) is 14.2 Å². The zero-order chi connectivity index (χ0) is 13.5. The molecule has 0 aliphatic carbocycles. The minimum Gasteiger partial charge on any atom is -0.497 e. The van der Waals surface area contributed by atoms with Crippen LogP contribution in [0.2, 0.25) is 0 Å². The molecule has 3 N–H and O–H groups in total. The van der Waals surface area contributed by atoms with Crippen molar-refractivity contribution in [1.82, 2.24) is 5.32 Å². The van der Waals surface area contributed by atoms with Gasteiger partial charge in [-0.05, 0) is 32.0 Å². The van der Waals surface area contributed by atoms with Crippen molar-refractivity contribution in [2.75, 3.05) is 20.8 Å². The first-order valence-electron chi connectivity index (χ1n) is 5.84. The smallest absolute Gasteiger partial charge is 0.251 e. The van der Waals surface area contributed by atoms with Crippen LogP contribution in [0, 0.1) is 0 Å². The van der Waals surface area contributed by atoms with E-state index >= 15 is 0 Å². The van der Waals surface area contributed by atoms with Gasteiger partial charge in [0, 0.05) is 17.7 Å². The van der Waals surface area contributed by atoms with Crippen LogP contribution >= 0.6 is 0 Å². The molecule has 1 atom stereocenters. The van der Waals surface area contributed by atoms with Crippen LogP contribution in [0.25, 0.3) is 0 Å². The van der Waals surface area contributed by atoms with Crippen molar-refractivity contribution < 1.29 is 14.3 Å². The minimum atomic E-state index is -0.159. The van der Waals surface area contributed by atoms with E-state index in [1.54, 1.807) is 32.4 Å². The number of rotatable bonds is 6. The first kappa shape index (κ1) is 14.3. The van der Waals surface area contributed by atoms with Crippen molar-refractivity contribution >= 4 is 5.91 Å². The molecule has 0 aromatic heterocycles. The molecule has 0 spiro atoms. The SMILES string of the molecule is COc1cc(OC)cc(C(=O)NC(C)CCN)c1. The average Bonchev–Trinajstić information content (AvgIpc) is 2.38. The van der Waals surface area contributed by atoms with E-state index in [0.717, 1.165) is 6.42 Å². The molecule has 5 nitrogen and oxygen atoms in total. The van der Waals surface area contributed by atoms with Crippen LogP contribution in [0.3, 0.4) is 0 Å². The van der Waals surface area contributed by atoms with Crippen LogP contribution in [-0.2, 0) is 0 Å². The largest absolute Gasteiger partial charge is 0.497 e. The van der Waals surface area contributed by atoms with E-state index in [4.69, 9.17) is 15.2 Å². The van der Waals surface area contributed by atoms with Crippen molar-refractivity contribution in [3.05, 3.63) is 23.8 Å². The van der Waals surface area contributed by atoms with Crippen molar-refractivity contribution in [2.24, 2.45) is 5.73 Å². The van der Waals surface area contributed by atoms with Crippen molar-refractivity contribution in [2.45, 2.75) is 19.4 Å². The lowest BCUT2D eigenvalue weighted by atomic mass is 10.1. The first-order valence-corrected chi connectivity index (χ1v) is 5.84. The molecule has 0 aliphatic rings. The Kier molecular flexibility index (Phi) is 5.45. The fourth-order valence-corrected chi connectivity index (χ4v) is 1.57. The van der Waals surface area contributed by atoms with Gasteiger partial charge in [0.15, 0.2) is 0 Å². The summed E-state index contributed by atoms with van der Waals surface area (Å²) in [5.41, 5.74) is 5.95. The Labute approximate surface area is 107 Å². The number of nitrogens with one attached hydrogen (secondary N) is 1. The highest BCUT2D eigenvalue weighted by atomic mass is 16.5. The van der Waals surface area contributed by atoms with Gasteiger partial charge in [0.1, 0.15) is 11.5 Å². The Morgan fingerprint density at radius 2 is 1.83 bits per heavy atom. The summed E-state index contributed by atoms with van der Waals surface area (Å²) >= 11 is 0. The predicted molar refractivity (Wildman–Crippen MR) is 70.1 cm³/mol. The third-order valence-electron chi connectivity index (χ3n) is 2.59. The quantitative estimate of drug-likeness (QED) is 0.797. The zero-order valence-electron chi connectivity index (χ0n) is 11.0. The molecular formula is C13H20N2O3. The Bertz CT molecular complexity index is 385. The summed E-state index contributed by atoms with van der Waals surface area (Å²) in [5.74, 6) is 1.02. The van der Waals surface area contributed by atoms with E-state index in [1.165, 1.54) is 0 Å². The maximum absolute atomic E-state index is 12.0. The molecule has 0 aliphatic heterocycles. The number of hydrogen-bond acceptors (Lipinski definition) is 4. The van der Waals surface area contributed by atoms with Gasteiger partial charge < -0.3 is 20.5 Å². The van der Waals surface area contributed by atoms with Crippen LogP contribution in [0.4, 0.5) is 0 Å². The lowest BCUT2D eigenvalue weighted by Crippen LogP contribution is -2.34. The highest BCUT2D eigenvalue weighted by molar-refractivity contribution is 5.95. The van der Waals surface area contributed by atoms with E-state index < -0.39 is 0 Å². The average molecular weight is 252 g/mol. The lowest BCUT2D eigenvalue weighted by Gasteiger charge is -2.14. The van der Waals surface area contributed by atoms with Gasteiger partial charge in [-0.2, -0.15) is 0 Å². The normalized spacial score (nSPS) is 11.8. The number of benzene rings is 1. The number of hydrogen-bond donors (Lipinski definition) is 2. The van der Waals surface area contributed by atoms with Crippen LogP contribution in [0.1, 0.15) is 23.7 Å². The van der Waals surface area contributed by atoms with E-state index in [-0.39, 0.29) is 11.9 Å². The first-order chi connectivity index (χ1) is 8.60. The summed E-state index contributed by atoms with van der Waals surface area (Å²) in [5, 5.41) is 2.87. The number of carbonyl (C=O) groups excluding carboxylic acids is 1. The molecule has 1 rings (SSSR count). The lowest BCUT2D eigenvalue weighted by molar-refractivity contribution is 0.0938. The Morgan fingerprint density at radius 1 is 1.28 bits per heavy atom. The summed E-state index contributed by atoms with van der Waals surface area (Å²) in [6, 6.07) is 5.11. The molecular weight excluding hydrogens is 232 g/mol. The molecule has 1 unspecified atom stereocenters. The molecule has 1 aromatic rings. The second kappa shape index (κ2) is 6.86. The van der Waals surface area contributed by atoms with Gasteiger partial charge in [-0.3, -0.25) is 4.79 Å². The van der Waals surface area contributed by atoms with E-state index in [2.05, 4.69) is 5.32 Å². The van der Waals surface area contributed by atoms with Gasteiger partial charge in [0.25, 0.3) is 5.91 Å². The van der Waals surface area contributed by atoms with Crippen molar-refractivity contribution in [3.63, 3.8) is 0 Å². The highest BCUT2D eigenvalue weighted by Gasteiger charge is 2.12. The third-order valence-corrected chi connectivity index (χ3v) is 2.59. The van der Waals surface area contributed by atoms with Crippen LogP contribution in [-0.4, -0.2) is 32.7 Å². The third kappa shape index (κ3) is 3.92. The molecule has 0 saturated carbocycles. The molecule has 5 heteroatoms. The summed E-state index contributed by atoms with van der Waals surface area (Å²) in [6.07, 6.45) is 0.743. The second-order valence-electron chi connectivity index (χ2n) is 4.05. The predicted octanol–water partition coefficient (Wildman–Crippen LogP) is 1.17. The van der Waals surface area contributed by atoms with Crippen LogP contribution in [0.5, 0.6) is 11.5 Å². The zero-order valence-corrected chi connectivity index (χ0v) is 11.0. The number of nitrogens with two attached hydrogens (primary N) is 1. The van der Waals surface area contributed by atoms with Gasteiger partial charge in [-0.15, -0.1) is 0 Å². The second-order valence-corrected chi connectivity index (χ2v) is 4.05. The summed E-state index contributed by atoms with van der Waals surface area (Å²) < 4.78 is 10.2. The number of carbonyl (C=O) groups is 1. The molecule has 0 fully saturated rings. The Morgan fingerprint density at radius 3 is 2.28 bits per heavy atom. The topological polar surface area (TPSA) is 73.6 Å². The van der Waals surface area contributed by atoms with Gasteiger partial charge in [-0.1, -0.05) is 0 Å². The fourth-order valence-electron chi connectivity index (χ4n) is 1.57. The Balaban J connectivity index is 2.84. The van der Waals surface area contributed by atoms with Gasteiger partial charge in [-0.25, -0.2) is 0 Å². The fraction of sp³-hybridized carbons (Fsp3) is 0.462. The van der Waals surface area contributed by atoms with Crippen molar-refractivity contribution in [3.8, 4) is 11.5 Å². The van der Waals surface area contributed by atoms with Gasteiger partial charge >= 0.3 is 0 Å². The van der Waals surface area contributed by atoms with Crippen molar-refractivity contribution in [1.29, 1.82) is 0 Å². The number of amides is 1. The highest BCUT2D eigenvalue weighted by Crippen LogP contribution is 2.22. The van der Waals surface area contributed by atoms with E-state index in [9.17, 15) is 4.79 Å². The molecule has 0 bridgehead atoms. The molecule has 1 aromatic carbocycles. The minimum absolute atomic E-state index is 0.0414. The van der Waals surface area contributed by atoms with E-state index in [0.29, 0.717) is 23.6 Å². The van der Waals surface area contributed by atoms with Gasteiger partial charge in [0.2, 0.25) is 0 Å². The maximum Gasteiger partial charge on any atom is 0.251 e.